The quantitative estimate of drug-likeness (QED) is 0.690. The highest BCUT2D eigenvalue weighted by molar-refractivity contribution is 5.87. The molecule has 2 aromatic rings. The van der Waals surface area contributed by atoms with Gasteiger partial charge in [-0.1, -0.05) is 0 Å². The monoisotopic (exact) mass is 204 g/mol. The van der Waals surface area contributed by atoms with Gasteiger partial charge in [0.15, 0.2) is 0 Å². The molecule has 78 valence electrons. The first-order chi connectivity index (χ1) is 7.11. The van der Waals surface area contributed by atoms with E-state index in [2.05, 4.69) is 4.98 Å². The van der Waals surface area contributed by atoms with Gasteiger partial charge in [0, 0.05) is 17.5 Å². The van der Waals surface area contributed by atoms with Crippen molar-refractivity contribution in [1.82, 2.24) is 4.98 Å². The first kappa shape index (κ1) is 9.58. The molecule has 0 unspecified atom stereocenters. The molecule has 3 N–H and O–H groups in total. The van der Waals surface area contributed by atoms with Gasteiger partial charge in [-0.15, -0.1) is 0 Å². The number of aromatic amines is 1. The van der Waals surface area contributed by atoms with Gasteiger partial charge in [0.2, 0.25) is 5.56 Å². The predicted octanol–water partition coefficient (Wildman–Crippen LogP) is 1.43. The Morgan fingerprint density at radius 3 is 2.73 bits per heavy atom. The zero-order chi connectivity index (χ0) is 11.0. The Labute approximate surface area is 86.7 Å². The molecule has 0 bridgehead atoms. The van der Waals surface area contributed by atoms with Crippen molar-refractivity contribution < 1.29 is 4.74 Å². The summed E-state index contributed by atoms with van der Waals surface area (Å²) in [6.07, 6.45) is 0. The van der Waals surface area contributed by atoms with Gasteiger partial charge in [0.05, 0.1) is 18.3 Å². The summed E-state index contributed by atoms with van der Waals surface area (Å²) in [4.78, 5) is 14.0. The maximum absolute atomic E-state index is 11.3. The minimum atomic E-state index is -0.119. The molecule has 0 aliphatic carbocycles. The van der Waals surface area contributed by atoms with Crippen LogP contribution in [0.2, 0.25) is 0 Å². The van der Waals surface area contributed by atoms with Crippen LogP contribution < -0.4 is 16.0 Å². The molecular weight excluding hydrogens is 192 g/mol. The fraction of sp³-hybridized carbons (Fsp3) is 0.182. The van der Waals surface area contributed by atoms with Gasteiger partial charge in [-0.3, -0.25) is 4.79 Å². The van der Waals surface area contributed by atoms with Crippen LogP contribution in [0.5, 0.6) is 5.75 Å². The molecule has 0 aliphatic rings. The number of aryl methyl sites for hydroxylation is 1. The van der Waals surface area contributed by atoms with Crippen LogP contribution in [-0.2, 0) is 0 Å². The van der Waals surface area contributed by atoms with E-state index in [1.165, 1.54) is 0 Å². The second-order valence-electron chi connectivity index (χ2n) is 3.46. The SMILES string of the molecule is COc1cc2[nH]c(=O)cc(C)c2cc1N. The smallest absolute Gasteiger partial charge is 0.248 e. The van der Waals surface area contributed by atoms with E-state index in [0.717, 1.165) is 16.5 Å². The highest BCUT2D eigenvalue weighted by atomic mass is 16.5. The number of benzene rings is 1. The lowest BCUT2D eigenvalue weighted by Gasteiger charge is -2.07. The molecule has 0 saturated heterocycles. The van der Waals surface area contributed by atoms with Crippen molar-refractivity contribution in [3.05, 3.63) is 34.1 Å². The number of nitrogens with one attached hydrogen (secondary N) is 1. The third kappa shape index (κ3) is 1.54. The third-order valence-electron chi connectivity index (χ3n) is 2.40. The number of hydrogen-bond acceptors (Lipinski definition) is 3. The van der Waals surface area contributed by atoms with Crippen LogP contribution in [0.25, 0.3) is 10.9 Å². The summed E-state index contributed by atoms with van der Waals surface area (Å²) in [6, 6.07) is 5.09. The Balaban J connectivity index is 2.87. The fourth-order valence-corrected chi connectivity index (χ4v) is 1.65. The van der Waals surface area contributed by atoms with Crippen LogP contribution in [0.3, 0.4) is 0 Å². The standard InChI is InChI=1S/C11H12N2O2/c1-6-3-11(14)13-9-5-10(15-2)8(12)4-7(6)9/h3-5H,12H2,1-2H3,(H,13,14). The predicted molar refractivity (Wildman–Crippen MR) is 60.3 cm³/mol. The van der Waals surface area contributed by atoms with Crippen molar-refractivity contribution in [3.63, 3.8) is 0 Å². The van der Waals surface area contributed by atoms with Gasteiger partial charge in [0.25, 0.3) is 0 Å². The van der Waals surface area contributed by atoms with Crippen molar-refractivity contribution in [2.75, 3.05) is 12.8 Å². The van der Waals surface area contributed by atoms with Gasteiger partial charge in [-0.05, 0) is 18.6 Å². The zero-order valence-corrected chi connectivity index (χ0v) is 8.63. The molecule has 15 heavy (non-hydrogen) atoms. The molecule has 0 amide bonds. The highest BCUT2D eigenvalue weighted by Crippen LogP contribution is 2.27. The number of methoxy groups -OCH3 is 1. The number of H-pyrrole nitrogens is 1. The van der Waals surface area contributed by atoms with Gasteiger partial charge in [-0.2, -0.15) is 0 Å². The average molecular weight is 204 g/mol. The summed E-state index contributed by atoms with van der Waals surface area (Å²) in [6.45, 7) is 1.88. The molecular formula is C11H12N2O2. The Kier molecular flexibility index (Phi) is 2.11. The van der Waals surface area contributed by atoms with Gasteiger partial charge in [-0.25, -0.2) is 0 Å². The lowest BCUT2D eigenvalue weighted by atomic mass is 10.1. The zero-order valence-electron chi connectivity index (χ0n) is 8.63. The lowest BCUT2D eigenvalue weighted by molar-refractivity contribution is 0.417. The first-order valence-corrected chi connectivity index (χ1v) is 4.59. The molecule has 1 heterocycles. The summed E-state index contributed by atoms with van der Waals surface area (Å²) >= 11 is 0. The maximum atomic E-state index is 11.3. The third-order valence-corrected chi connectivity index (χ3v) is 2.40. The van der Waals surface area contributed by atoms with Crippen LogP contribution >= 0.6 is 0 Å². The Morgan fingerprint density at radius 1 is 1.33 bits per heavy atom. The second-order valence-corrected chi connectivity index (χ2v) is 3.46. The van der Waals surface area contributed by atoms with E-state index in [4.69, 9.17) is 10.5 Å². The molecule has 0 atom stereocenters. The van der Waals surface area contributed by atoms with E-state index in [0.29, 0.717) is 11.4 Å². The Bertz CT molecular complexity index is 573. The Morgan fingerprint density at radius 2 is 2.07 bits per heavy atom. The van der Waals surface area contributed by atoms with Gasteiger partial charge in [0.1, 0.15) is 5.75 Å². The van der Waals surface area contributed by atoms with Gasteiger partial charge < -0.3 is 15.5 Å². The van der Waals surface area contributed by atoms with Gasteiger partial charge >= 0.3 is 0 Å². The number of pyridine rings is 1. The van der Waals surface area contributed by atoms with Crippen molar-refractivity contribution in [3.8, 4) is 5.75 Å². The van der Waals surface area contributed by atoms with E-state index < -0.39 is 0 Å². The molecule has 0 spiro atoms. The van der Waals surface area contributed by atoms with Crippen molar-refractivity contribution in [1.29, 1.82) is 0 Å². The van der Waals surface area contributed by atoms with Crippen molar-refractivity contribution in [2.24, 2.45) is 0 Å². The minimum absolute atomic E-state index is 0.119. The minimum Gasteiger partial charge on any atom is -0.495 e. The number of rotatable bonds is 1. The maximum Gasteiger partial charge on any atom is 0.248 e. The largest absolute Gasteiger partial charge is 0.495 e. The molecule has 1 aromatic heterocycles. The van der Waals surface area contributed by atoms with Crippen LogP contribution in [0, 0.1) is 6.92 Å². The summed E-state index contributed by atoms with van der Waals surface area (Å²) in [5, 5.41) is 0.938. The number of hydrogen-bond donors (Lipinski definition) is 2. The molecule has 4 heteroatoms. The summed E-state index contributed by atoms with van der Waals surface area (Å²) in [5.41, 5.74) is 7.89. The van der Waals surface area contributed by atoms with E-state index >= 15 is 0 Å². The van der Waals surface area contributed by atoms with E-state index in [1.54, 1.807) is 25.3 Å². The van der Waals surface area contributed by atoms with Crippen LogP contribution in [-0.4, -0.2) is 12.1 Å². The first-order valence-electron chi connectivity index (χ1n) is 4.59. The highest BCUT2D eigenvalue weighted by Gasteiger charge is 2.05. The molecule has 0 radical (unpaired) electrons. The van der Waals surface area contributed by atoms with Crippen LogP contribution in [0.1, 0.15) is 5.56 Å². The summed E-state index contributed by atoms with van der Waals surface area (Å²) in [7, 11) is 1.55. The number of anilines is 1. The second kappa shape index (κ2) is 3.31. The fourth-order valence-electron chi connectivity index (χ4n) is 1.65. The number of fused-ring (bicyclic) bond motifs is 1. The van der Waals surface area contributed by atoms with E-state index in [-0.39, 0.29) is 5.56 Å². The molecule has 4 nitrogen and oxygen atoms in total. The molecule has 0 saturated carbocycles. The van der Waals surface area contributed by atoms with E-state index in [1.807, 2.05) is 6.92 Å². The average Bonchev–Trinajstić information content (AvgIpc) is 2.18. The number of nitrogen functional groups attached to an aromatic ring is 1. The topological polar surface area (TPSA) is 68.1 Å². The molecule has 0 aliphatic heterocycles. The summed E-state index contributed by atoms with van der Waals surface area (Å²) in [5.74, 6) is 0.573. The molecule has 2 rings (SSSR count). The lowest BCUT2D eigenvalue weighted by Crippen LogP contribution is -2.05. The number of aromatic nitrogens is 1. The number of ether oxygens (including phenoxy) is 1. The summed E-state index contributed by atoms with van der Waals surface area (Å²) < 4.78 is 5.09. The van der Waals surface area contributed by atoms with Crippen molar-refractivity contribution in [2.45, 2.75) is 6.92 Å². The number of nitrogens with two attached hydrogens (primary N) is 1. The molecule has 1 aromatic carbocycles. The van der Waals surface area contributed by atoms with Crippen LogP contribution in [0.15, 0.2) is 23.0 Å². The van der Waals surface area contributed by atoms with E-state index in [9.17, 15) is 4.79 Å². The molecule has 0 fully saturated rings. The normalized spacial score (nSPS) is 10.5. The van der Waals surface area contributed by atoms with Crippen molar-refractivity contribution >= 4 is 16.6 Å². The Hall–Kier alpha value is -1.97. The van der Waals surface area contributed by atoms with Crippen LogP contribution in [0.4, 0.5) is 5.69 Å².